The van der Waals surface area contributed by atoms with Crippen LogP contribution in [-0.2, 0) is 7.05 Å². The molecule has 2 heterocycles. The summed E-state index contributed by atoms with van der Waals surface area (Å²) < 4.78 is 2.83. The Balaban J connectivity index is 2.69. The molecule has 0 N–H and O–H groups in total. The Hall–Kier alpha value is -2.17. The molecule has 0 aliphatic rings. The maximum absolute atomic E-state index is 11.8. The average Bonchev–Trinajstić information content (AvgIpc) is 2.62. The van der Waals surface area contributed by atoms with E-state index in [0.717, 1.165) is 10.9 Å². The number of fused-ring (bicyclic) bond motifs is 3. The summed E-state index contributed by atoms with van der Waals surface area (Å²) in [5.74, 6) is 0. The first-order valence-corrected chi connectivity index (χ1v) is 4.57. The van der Waals surface area contributed by atoms with E-state index < -0.39 is 0 Å². The summed E-state index contributed by atoms with van der Waals surface area (Å²) in [7, 11) is 1.63. The number of benzene rings is 1. The van der Waals surface area contributed by atoms with Crippen molar-refractivity contribution in [2.45, 2.75) is 0 Å². The number of hydrogen-bond donors (Lipinski definition) is 0. The van der Waals surface area contributed by atoms with Crippen LogP contribution in [0.3, 0.4) is 0 Å². The van der Waals surface area contributed by atoms with Gasteiger partial charge in [0.25, 0.3) is 5.56 Å². The molecule has 0 unspecified atom stereocenters. The minimum Gasteiger partial charge on any atom is -0.265 e. The van der Waals surface area contributed by atoms with Crippen molar-refractivity contribution in [1.82, 2.24) is 19.4 Å². The lowest BCUT2D eigenvalue weighted by molar-refractivity contribution is 0.678. The van der Waals surface area contributed by atoms with Crippen molar-refractivity contribution in [2.75, 3.05) is 0 Å². The SMILES string of the molecule is Cn1ncn2nc3ccccc3c2c1=O. The molecule has 0 amide bonds. The molecule has 0 fully saturated rings. The van der Waals surface area contributed by atoms with Crippen LogP contribution in [0.2, 0.25) is 0 Å². The molecular formula is C10H8N4O. The molecule has 3 aromatic rings. The van der Waals surface area contributed by atoms with E-state index in [9.17, 15) is 4.79 Å². The van der Waals surface area contributed by atoms with Crippen LogP contribution >= 0.6 is 0 Å². The second kappa shape index (κ2) is 2.66. The lowest BCUT2D eigenvalue weighted by Crippen LogP contribution is -2.21. The maximum atomic E-state index is 11.8. The zero-order valence-corrected chi connectivity index (χ0v) is 8.08. The Morgan fingerprint density at radius 2 is 2.07 bits per heavy atom. The molecule has 0 saturated heterocycles. The van der Waals surface area contributed by atoms with Gasteiger partial charge >= 0.3 is 0 Å². The molecule has 0 spiro atoms. The third kappa shape index (κ3) is 0.999. The summed E-state index contributed by atoms with van der Waals surface area (Å²) in [5, 5.41) is 9.03. The van der Waals surface area contributed by atoms with E-state index in [2.05, 4.69) is 10.2 Å². The fourth-order valence-corrected chi connectivity index (χ4v) is 1.68. The summed E-state index contributed by atoms with van der Waals surface area (Å²) in [6.07, 6.45) is 1.54. The van der Waals surface area contributed by atoms with E-state index in [1.807, 2.05) is 24.3 Å². The normalized spacial score (nSPS) is 11.3. The second-order valence-corrected chi connectivity index (χ2v) is 3.37. The summed E-state index contributed by atoms with van der Waals surface area (Å²) in [6.45, 7) is 0. The van der Waals surface area contributed by atoms with Crippen LogP contribution in [0, 0.1) is 0 Å². The molecule has 3 rings (SSSR count). The van der Waals surface area contributed by atoms with Crippen molar-refractivity contribution in [3.63, 3.8) is 0 Å². The van der Waals surface area contributed by atoms with Crippen LogP contribution in [0.1, 0.15) is 0 Å². The van der Waals surface area contributed by atoms with Crippen LogP contribution in [0.15, 0.2) is 35.4 Å². The van der Waals surface area contributed by atoms with Crippen molar-refractivity contribution in [2.24, 2.45) is 7.05 Å². The fourth-order valence-electron chi connectivity index (χ4n) is 1.68. The molecule has 0 atom stereocenters. The predicted molar refractivity (Wildman–Crippen MR) is 55.7 cm³/mol. The van der Waals surface area contributed by atoms with E-state index in [1.54, 1.807) is 7.05 Å². The quantitative estimate of drug-likeness (QED) is 0.533. The average molecular weight is 200 g/mol. The van der Waals surface area contributed by atoms with Gasteiger partial charge < -0.3 is 0 Å². The zero-order chi connectivity index (χ0) is 10.4. The lowest BCUT2D eigenvalue weighted by atomic mass is 10.2. The molecule has 0 bridgehead atoms. The highest BCUT2D eigenvalue weighted by molar-refractivity contribution is 5.93. The van der Waals surface area contributed by atoms with Crippen molar-refractivity contribution >= 4 is 16.4 Å². The van der Waals surface area contributed by atoms with Crippen molar-refractivity contribution in [1.29, 1.82) is 0 Å². The Labute approximate surface area is 84.6 Å². The molecule has 0 aliphatic carbocycles. The van der Waals surface area contributed by atoms with Gasteiger partial charge in [-0.3, -0.25) is 4.79 Å². The number of rotatable bonds is 0. The molecule has 0 radical (unpaired) electrons. The third-order valence-corrected chi connectivity index (χ3v) is 2.43. The molecule has 0 saturated carbocycles. The van der Waals surface area contributed by atoms with Gasteiger partial charge in [0.1, 0.15) is 11.8 Å². The van der Waals surface area contributed by atoms with Crippen LogP contribution in [0.25, 0.3) is 16.4 Å². The van der Waals surface area contributed by atoms with Crippen molar-refractivity contribution in [3.8, 4) is 0 Å². The van der Waals surface area contributed by atoms with Gasteiger partial charge in [-0.15, -0.1) is 0 Å². The first kappa shape index (κ1) is 8.16. The molecule has 1 aromatic carbocycles. The van der Waals surface area contributed by atoms with Crippen molar-refractivity contribution in [3.05, 3.63) is 40.9 Å². The highest BCUT2D eigenvalue weighted by Gasteiger charge is 2.08. The highest BCUT2D eigenvalue weighted by atomic mass is 16.1. The number of aromatic nitrogens is 4. The topological polar surface area (TPSA) is 52.2 Å². The molecule has 74 valence electrons. The van der Waals surface area contributed by atoms with Crippen molar-refractivity contribution < 1.29 is 0 Å². The Morgan fingerprint density at radius 3 is 2.93 bits per heavy atom. The maximum Gasteiger partial charge on any atom is 0.293 e. The standard InChI is InChI=1S/C10H8N4O/c1-13-10(15)9-7-4-2-3-5-8(7)12-14(9)6-11-13/h2-6H,1H3. The largest absolute Gasteiger partial charge is 0.293 e. The Bertz CT molecular complexity index is 710. The molecular weight excluding hydrogens is 192 g/mol. The third-order valence-electron chi connectivity index (χ3n) is 2.43. The molecule has 0 aliphatic heterocycles. The van der Waals surface area contributed by atoms with Crippen LogP contribution in [-0.4, -0.2) is 19.4 Å². The van der Waals surface area contributed by atoms with Gasteiger partial charge in [-0.2, -0.15) is 10.2 Å². The molecule has 15 heavy (non-hydrogen) atoms. The van der Waals surface area contributed by atoms with E-state index in [-0.39, 0.29) is 5.56 Å². The minimum absolute atomic E-state index is 0.133. The van der Waals surface area contributed by atoms with Crippen LogP contribution in [0.5, 0.6) is 0 Å². The summed E-state index contributed by atoms with van der Waals surface area (Å²) in [4.78, 5) is 11.8. The summed E-state index contributed by atoms with van der Waals surface area (Å²) in [5.41, 5.74) is 1.25. The first-order chi connectivity index (χ1) is 7.27. The summed E-state index contributed by atoms with van der Waals surface area (Å²) >= 11 is 0. The van der Waals surface area contributed by atoms with Gasteiger partial charge in [0.05, 0.1) is 5.52 Å². The van der Waals surface area contributed by atoms with E-state index in [0.29, 0.717) is 5.52 Å². The van der Waals surface area contributed by atoms with Gasteiger partial charge in [-0.1, -0.05) is 18.2 Å². The fraction of sp³-hybridized carbons (Fsp3) is 0.100. The zero-order valence-electron chi connectivity index (χ0n) is 8.08. The van der Waals surface area contributed by atoms with Gasteiger partial charge in [0.15, 0.2) is 0 Å². The minimum atomic E-state index is -0.133. The van der Waals surface area contributed by atoms with Gasteiger partial charge in [0.2, 0.25) is 0 Å². The van der Waals surface area contributed by atoms with E-state index in [1.165, 1.54) is 15.5 Å². The Kier molecular flexibility index (Phi) is 1.45. The second-order valence-electron chi connectivity index (χ2n) is 3.37. The smallest absolute Gasteiger partial charge is 0.265 e. The lowest BCUT2D eigenvalue weighted by Gasteiger charge is -1.95. The van der Waals surface area contributed by atoms with Crippen LogP contribution < -0.4 is 5.56 Å². The molecule has 5 nitrogen and oxygen atoms in total. The number of aryl methyl sites for hydroxylation is 1. The first-order valence-electron chi connectivity index (χ1n) is 4.57. The number of nitrogens with zero attached hydrogens (tertiary/aromatic N) is 4. The van der Waals surface area contributed by atoms with E-state index in [4.69, 9.17) is 0 Å². The molecule has 2 aromatic heterocycles. The van der Waals surface area contributed by atoms with Gasteiger partial charge in [-0.05, 0) is 6.07 Å². The Morgan fingerprint density at radius 1 is 1.27 bits per heavy atom. The molecule has 5 heteroatoms. The van der Waals surface area contributed by atoms with Gasteiger partial charge in [-0.25, -0.2) is 9.20 Å². The van der Waals surface area contributed by atoms with Gasteiger partial charge in [0, 0.05) is 12.4 Å². The number of hydrogen-bond acceptors (Lipinski definition) is 3. The predicted octanol–water partition coefficient (Wildman–Crippen LogP) is 0.581. The monoisotopic (exact) mass is 200 g/mol. The van der Waals surface area contributed by atoms with E-state index >= 15 is 0 Å². The summed E-state index contributed by atoms with van der Waals surface area (Å²) in [6, 6.07) is 7.55. The highest BCUT2D eigenvalue weighted by Crippen LogP contribution is 2.14. The van der Waals surface area contributed by atoms with Crippen LogP contribution in [0.4, 0.5) is 0 Å².